The fourth-order valence-electron chi connectivity index (χ4n) is 2.18. The van der Waals surface area contributed by atoms with Gasteiger partial charge in [-0.15, -0.1) is 11.3 Å². The fourth-order valence-corrected chi connectivity index (χ4v) is 2.87. The van der Waals surface area contributed by atoms with E-state index in [-0.39, 0.29) is 28.6 Å². The van der Waals surface area contributed by atoms with Crippen molar-refractivity contribution in [3.05, 3.63) is 65.0 Å². The number of hydrogen-bond donors (Lipinski definition) is 3. The van der Waals surface area contributed by atoms with E-state index in [0.29, 0.717) is 5.69 Å². The van der Waals surface area contributed by atoms with Crippen molar-refractivity contribution in [2.45, 2.75) is 6.61 Å². The second kappa shape index (κ2) is 7.66. The van der Waals surface area contributed by atoms with Gasteiger partial charge < -0.3 is 14.9 Å². The highest BCUT2D eigenvalue weighted by molar-refractivity contribution is 7.14. The highest BCUT2D eigenvalue weighted by atomic mass is 32.1. The summed E-state index contributed by atoms with van der Waals surface area (Å²) in [6, 6.07) is 13.2. The summed E-state index contributed by atoms with van der Waals surface area (Å²) < 4.78 is 5.11. The van der Waals surface area contributed by atoms with Crippen LogP contribution in [0, 0.1) is 0 Å². The minimum atomic E-state index is -1.11. The van der Waals surface area contributed by atoms with Crippen molar-refractivity contribution in [1.82, 2.24) is 4.98 Å². The van der Waals surface area contributed by atoms with Crippen molar-refractivity contribution >= 4 is 28.5 Å². The average molecular weight is 370 g/mol. The van der Waals surface area contributed by atoms with Gasteiger partial charge in [-0.2, -0.15) is 0 Å². The molecule has 3 N–H and O–H groups in total. The van der Waals surface area contributed by atoms with Gasteiger partial charge in [-0.3, -0.25) is 5.32 Å². The van der Waals surface area contributed by atoms with Gasteiger partial charge in [0.05, 0.1) is 11.3 Å². The molecule has 1 amide bonds. The number of nitrogens with zero attached hydrogens (tertiary/aromatic N) is 1. The molecule has 0 radical (unpaired) electrons. The van der Waals surface area contributed by atoms with Gasteiger partial charge in [0.1, 0.15) is 12.4 Å². The molecule has 7 nitrogen and oxygen atoms in total. The highest BCUT2D eigenvalue weighted by Crippen LogP contribution is 2.32. The average Bonchev–Trinajstić information content (AvgIpc) is 3.09. The van der Waals surface area contributed by atoms with Crippen LogP contribution in [0.4, 0.5) is 9.93 Å². The molecule has 0 bridgehead atoms. The molecule has 3 rings (SSSR count). The molecule has 26 heavy (non-hydrogen) atoms. The Hall–Kier alpha value is -3.39. The van der Waals surface area contributed by atoms with Crippen LogP contribution in [0.3, 0.4) is 0 Å². The van der Waals surface area contributed by atoms with Crippen LogP contribution >= 0.6 is 11.3 Å². The maximum atomic E-state index is 11.8. The lowest BCUT2D eigenvalue weighted by Crippen LogP contribution is -2.13. The molecule has 132 valence electrons. The predicted octanol–water partition coefficient (Wildman–Crippen LogP) is 3.96. The van der Waals surface area contributed by atoms with Crippen LogP contribution < -0.4 is 5.32 Å². The van der Waals surface area contributed by atoms with Gasteiger partial charge in [0.15, 0.2) is 5.13 Å². The Morgan fingerprint density at radius 3 is 2.65 bits per heavy atom. The van der Waals surface area contributed by atoms with Crippen LogP contribution in [-0.2, 0) is 11.3 Å². The number of benzene rings is 2. The number of thiazole rings is 1. The van der Waals surface area contributed by atoms with Gasteiger partial charge in [-0.05, 0) is 23.8 Å². The molecule has 0 saturated heterocycles. The first-order valence-electron chi connectivity index (χ1n) is 7.53. The van der Waals surface area contributed by atoms with E-state index in [1.165, 1.54) is 18.2 Å². The summed E-state index contributed by atoms with van der Waals surface area (Å²) in [4.78, 5) is 27.1. The fraction of sp³-hybridized carbons (Fsp3) is 0.0556. The maximum Gasteiger partial charge on any atom is 0.413 e. The number of anilines is 1. The van der Waals surface area contributed by atoms with Crippen LogP contribution in [0.25, 0.3) is 11.3 Å². The summed E-state index contributed by atoms with van der Waals surface area (Å²) in [6.45, 7) is 0.131. The van der Waals surface area contributed by atoms with Crippen LogP contribution in [0.2, 0.25) is 0 Å². The van der Waals surface area contributed by atoms with Gasteiger partial charge in [-0.1, -0.05) is 30.3 Å². The van der Waals surface area contributed by atoms with Crippen LogP contribution in [0.1, 0.15) is 15.9 Å². The molecule has 1 aromatic heterocycles. The SMILES string of the molecule is O=C(Nc1nc(-c2cc(C(=O)O)ccc2O)cs1)OCc1ccccc1. The standard InChI is InChI=1S/C18H14N2O5S/c21-15-7-6-12(16(22)23)8-13(15)14-10-26-17(19-14)20-18(24)25-9-11-4-2-1-3-5-11/h1-8,10,21H,9H2,(H,22,23)(H,19,20,24). The Kier molecular flexibility index (Phi) is 5.14. The molecule has 0 aliphatic heterocycles. The van der Waals surface area contributed by atoms with E-state index < -0.39 is 12.1 Å². The second-order valence-corrected chi connectivity index (χ2v) is 6.12. The normalized spacial score (nSPS) is 10.3. The number of aromatic carboxylic acids is 1. The molecular weight excluding hydrogens is 356 g/mol. The monoisotopic (exact) mass is 370 g/mol. The zero-order valence-electron chi connectivity index (χ0n) is 13.4. The Bertz CT molecular complexity index is 940. The van der Waals surface area contributed by atoms with Crippen LogP contribution in [0.15, 0.2) is 53.9 Å². The number of phenolic OH excluding ortho intramolecular Hbond substituents is 1. The highest BCUT2D eigenvalue weighted by Gasteiger charge is 2.14. The first kappa shape index (κ1) is 17.4. The molecule has 3 aromatic rings. The lowest BCUT2D eigenvalue weighted by atomic mass is 10.1. The third-order valence-corrected chi connectivity index (χ3v) is 4.20. The van der Waals surface area contributed by atoms with E-state index in [0.717, 1.165) is 16.9 Å². The number of aromatic nitrogens is 1. The molecule has 0 atom stereocenters. The molecule has 2 aromatic carbocycles. The summed E-state index contributed by atoms with van der Waals surface area (Å²) in [7, 11) is 0. The van der Waals surface area contributed by atoms with Gasteiger partial charge in [0.25, 0.3) is 0 Å². The molecule has 1 heterocycles. The molecule has 8 heteroatoms. The first-order valence-corrected chi connectivity index (χ1v) is 8.41. The van der Waals surface area contributed by atoms with Gasteiger partial charge in [-0.25, -0.2) is 14.6 Å². The third-order valence-electron chi connectivity index (χ3n) is 3.45. The molecule has 0 aliphatic rings. The predicted molar refractivity (Wildman–Crippen MR) is 96.4 cm³/mol. The maximum absolute atomic E-state index is 11.8. The number of amides is 1. The summed E-state index contributed by atoms with van der Waals surface area (Å²) >= 11 is 1.14. The number of hydrogen-bond acceptors (Lipinski definition) is 6. The number of carboxylic acids is 1. The summed E-state index contributed by atoms with van der Waals surface area (Å²) in [6.07, 6.45) is -0.654. The van der Waals surface area contributed by atoms with Crippen molar-refractivity contribution in [3.63, 3.8) is 0 Å². The first-order chi connectivity index (χ1) is 12.5. The lowest BCUT2D eigenvalue weighted by molar-refractivity contribution is 0.0697. The second-order valence-electron chi connectivity index (χ2n) is 5.26. The Balaban J connectivity index is 1.67. The zero-order chi connectivity index (χ0) is 18.5. The molecular formula is C18H14N2O5S. The Morgan fingerprint density at radius 2 is 1.92 bits per heavy atom. The Labute approximate surface area is 152 Å². The molecule has 0 fully saturated rings. The number of rotatable bonds is 5. The number of ether oxygens (including phenoxy) is 1. The number of carbonyl (C=O) groups excluding carboxylic acids is 1. The van der Waals surface area contributed by atoms with Crippen molar-refractivity contribution in [1.29, 1.82) is 0 Å². The number of aromatic hydroxyl groups is 1. The molecule has 0 unspecified atom stereocenters. The minimum Gasteiger partial charge on any atom is -0.507 e. The van der Waals surface area contributed by atoms with Crippen molar-refractivity contribution in [3.8, 4) is 17.0 Å². The van der Waals surface area contributed by atoms with E-state index in [1.807, 2.05) is 30.3 Å². The smallest absolute Gasteiger partial charge is 0.413 e. The van der Waals surface area contributed by atoms with Crippen molar-refractivity contribution in [2.75, 3.05) is 5.32 Å². The van der Waals surface area contributed by atoms with Crippen LogP contribution in [-0.4, -0.2) is 27.3 Å². The molecule has 0 aliphatic carbocycles. The number of phenols is 1. The largest absolute Gasteiger partial charge is 0.507 e. The summed E-state index contributed by atoms with van der Waals surface area (Å²) in [5, 5.41) is 23.4. The van der Waals surface area contributed by atoms with E-state index >= 15 is 0 Å². The third kappa shape index (κ3) is 4.17. The topological polar surface area (TPSA) is 109 Å². The lowest BCUT2D eigenvalue weighted by Gasteiger charge is -2.05. The van der Waals surface area contributed by atoms with E-state index in [1.54, 1.807) is 5.38 Å². The number of carbonyl (C=O) groups is 2. The van der Waals surface area contributed by atoms with Crippen molar-refractivity contribution in [2.24, 2.45) is 0 Å². The number of carboxylic acid groups (broad SMARTS) is 1. The van der Waals surface area contributed by atoms with E-state index in [4.69, 9.17) is 9.84 Å². The summed E-state index contributed by atoms with van der Waals surface area (Å²) in [5.74, 6) is -1.21. The van der Waals surface area contributed by atoms with Crippen LogP contribution in [0.5, 0.6) is 5.75 Å². The van der Waals surface area contributed by atoms with E-state index in [9.17, 15) is 14.7 Å². The van der Waals surface area contributed by atoms with Gasteiger partial charge in [0.2, 0.25) is 0 Å². The quantitative estimate of drug-likeness (QED) is 0.627. The summed E-state index contributed by atoms with van der Waals surface area (Å²) in [5.41, 5.74) is 1.52. The number of nitrogens with one attached hydrogen (secondary N) is 1. The van der Waals surface area contributed by atoms with Crippen molar-refractivity contribution < 1.29 is 24.5 Å². The zero-order valence-corrected chi connectivity index (χ0v) is 14.2. The minimum absolute atomic E-state index is 0.0302. The Morgan fingerprint density at radius 1 is 1.15 bits per heavy atom. The molecule has 0 saturated carbocycles. The van der Waals surface area contributed by atoms with E-state index in [2.05, 4.69) is 10.3 Å². The van der Waals surface area contributed by atoms with Gasteiger partial charge in [0, 0.05) is 10.9 Å². The molecule has 0 spiro atoms. The van der Waals surface area contributed by atoms with Gasteiger partial charge >= 0.3 is 12.1 Å².